The van der Waals surface area contributed by atoms with E-state index in [1.807, 2.05) is 48.6 Å². The highest BCUT2D eigenvalue weighted by molar-refractivity contribution is 8.26. The number of hydrogen-bond acceptors (Lipinski definition) is 3. The van der Waals surface area contributed by atoms with Crippen LogP contribution in [0.25, 0.3) is 6.08 Å². The molecule has 1 saturated heterocycles. The van der Waals surface area contributed by atoms with E-state index < -0.39 is 0 Å². The van der Waals surface area contributed by atoms with Crippen molar-refractivity contribution in [1.82, 2.24) is 4.90 Å². The van der Waals surface area contributed by atoms with Crippen LogP contribution in [0.3, 0.4) is 0 Å². The number of carbonyl (C=O) groups excluding carboxylic acids is 1. The fourth-order valence-corrected chi connectivity index (χ4v) is 3.07. The van der Waals surface area contributed by atoms with E-state index >= 15 is 0 Å². The summed E-state index contributed by atoms with van der Waals surface area (Å²) in [6.07, 6.45) is 5.72. The van der Waals surface area contributed by atoms with Crippen molar-refractivity contribution in [2.75, 3.05) is 6.54 Å². The molecule has 0 aliphatic carbocycles. The Hall–Kier alpha value is -1.39. The monoisotopic (exact) mass is 303 g/mol. The molecule has 0 radical (unpaired) electrons. The van der Waals surface area contributed by atoms with Crippen molar-refractivity contribution >= 4 is 40.3 Å². The Bertz CT molecular complexity index is 561. The molecule has 1 aliphatic rings. The van der Waals surface area contributed by atoms with Crippen LogP contribution in [-0.2, 0) is 4.79 Å². The van der Waals surface area contributed by atoms with E-state index in [-0.39, 0.29) is 5.91 Å². The third-order valence-corrected chi connectivity index (χ3v) is 4.15. The van der Waals surface area contributed by atoms with Gasteiger partial charge in [0.1, 0.15) is 4.32 Å². The van der Waals surface area contributed by atoms with Crippen molar-refractivity contribution in [1.29, 1.82) is 0 Å². The van der Waals surface area contributed by atoms with Gasteiger partial charge in [-0.3, -0.25) is 9.69 Å². The Morgan fingerprint density at radius 3 is 2.65 bits per heavy atom. The summed E-state index contributed by atoms with van der Waals surface area (Å²) in [5.41, 5.74) is 1.11. The van der Waals surface area contributed by atoms with Crippen LogP contribution in [-0.4, -0.2) is 21.7 Å². The molecule has 0 N–H and O–H groups in total. The molecule has 1 aromatic rings. The molecule has 1 amide bonds. The second-order valence-electron chi connectivity index (χ2n) is 4.98. The number of hydrogen-bond donors (Lipinski definition) is 0. The van der Waals surface area contributed by atoms with Gasteiger partial charge in [-0.25, -0.2) is 0 Å². The van der Waals surface area contributed by atoms with Crippen LogP contribution in [0.2, 0.25) is 0 Å². The topological polar surface area (TPSA) is 20.3 Å². The number of allylic oxidation sites excluding steroid dienone is 2. The maximum atomic E-state index is 12.2. The van der Waals surface area contributed by atoms with E-state index in [0.29, 0.717) is 21.7 Å². The van der Waals surface area contributed by atoms with Gasteiger partial charge < -0.3 is 0 Å². The number of thioether (sulfide) groups is 1. The average molecular weight is 303 g/mol. The molecule has 1 heterocycles. The van der Waals surface area contributed by atoms with Crippen molar-refractivity contribution in [3.8, 4) is 0 Å². The van der Waals surface area contributed by atoms with Gasteiger partial charge in [0.05, 0.1) is 4.91 Å². The summed E-state index contributed by atoms with van der Waals surface area (Å²) in [7, 11) is 0. The van der Waals surface area contributed by atoms with E-state index in [1.165, 1.54) is 11.8 Å². The van der Waals surface area contributed by atoms with E-state index in [0.717, 1.165) is 5.56 Å². The van der Waals surface area contributed by atoms with Crippen LogP contribution in [0, 0.1) is 5.92 Å². The summed E-state index contributed by atoms with van der Waals surface area (Å²) in [6, 6.07) is 10.0. The Labute approximate surface area is 129 Å². The molecule has 0 bridgehead atoms. The zero-order valence-electron chi connectivity index (χ0n) is 11.6. The van der Waals surface area contributed by atoms with Gasteiger partial charge in [0.2, 0.25) is 0 Å². The minimum Gasteiger partial charge on any atom is -0.293 e. The van der Waals surface area contributed by atoms with Gasteiger partial charge in [0.15, 0.2) is 0 Å². The first-order valence-electron chi connectivity index (χ1n) is 6.55. The summed E-state index contributed by atoms with van der Waals surface area (Å²) >= 11 is 6.64. The van der Waals surface area contributed by atoms with Crippen molar-refractivity contribution in [2.45, 2.75) is 13.8 Å². The number of nitrogens with zero attached hydrogens (tertiary/aromatic N) is 1. The largest absolute Gasteiger partial charge is 0.293 e. The van der Waals surface area contributed by atoms with Gasteiger partial charge in [-0.1, -0.05) is 80.3 Å². The molecule has 104 valence electrons. The van der Waals surface area contributed by atoms with E-state index in [4.69, 9.17) is 12.2 Å². The van der Waals surface area contributed by atoms with E-state index in [9.17, 15) is 4.79 Å². The highest BCUT2D eigenvalue weighted by Gasteiger charge is 2.31. The lowest BCUT2D eigenvalue weighted by Gasteiger charge is -2.16. The Morgan fingerprint density at radius 1 is 1.30 bits per heavy atom. The van der Waals surface area contributed by atoms with Crippen LogP contribution in [0.5, 0.6) is 0 Å². The smallest absolute Gasteiger partial charge is 0.266 e. The zero-order chi connectivity index (χ0) is 14.5. The maximum Gasteiger partial charge on any atom is 0.266 e. The Kier molecular flexibility index (Phi) is 5.15. The first kappa shape index (κ1) is 15.0. The number of benzene rings is 1. The second-order valence-corrected chi connectivity index (χ2v) is 6.65. The number of thiocarbonyl (C=S) groups is 1. The van der Waals surface area contributed by atoms with Crippen molar-refractivity contribution in [3.63, 3.8) is 0 Å². The summed E-state index contributed by atoms with van der Waals surface area (Å²) in [5, 5.41) is 0. The lowest BCUT2D eigenvalue weighted by Crippen LogP contribution is -2.31. The minimum absolute atomic E-state index is 0.0198. The first-order valence-corrected chi connectivity index (χ1v) is 7.77. The van der Waals surface area contributed by atoms with Gasteiger partial charge >= 0.3 is 0 Å². The van der Waals surface area contributed by atoms with Gasteiger partial charge in [-0.05, 0) is 17.6 Å². The number of carbonyl (C=O) groups is 1. The predicted octanol–water partition coefficient (Wildman–Crippen LogP) is 4.10. The van der Waals surface area contributed by atoms with Crippen molar-refractivity contribution in [3.05, 3.63) is 53.0 Å². The summed E-state index contributed by atoms with van der Waals surface area (Å²) in [5.74, 6) is 0.433. The zero-order valence-corrected chi connectivity index (χ0v) is 13.2. The molecule has 0 atom stereocenters. The Balaban J connectivity index is 2.07. The molecular weight excluding hydrogens is 286 g/mol. The summed E-state index contributed by atoms with van der Waals surface area (Å²) in [4.78, 5) is 14.6. The Morgan fingerprint density at radius 2 is 2.00 bits per heavy atom. The van der Waals surface area contributed by atoms with Crippen LogP contribution in [0.1, 0.15) is 19.4 Å². The van der Waals surface area contributed by atoms with Gasteiger partial charge in [-0.2, -0.15) is 0 Å². The molecule has 0 aromatic heterocycles. The minimum atomic E-state index is 0.0198. The number of rotatable bonds is 4. The molecule has 0 unspecified atom stereocenters. The van der Waals surface area contributed by atoms with Crippen LogP contribution < -0.4 is 0 Å². The highest BCUT2D eigenvalue weighted by Crippen LogP contribution is 2.31. The van der Waals surface area contributed by atoms with Gasteiger partial charge in [0.25, 0.3) is 5.91 Å². The maximum absolute atomic E-state index is 12.2. The quantitative estimate of drug-likeness (QED) is 0.617. The molecule has 2 nitrogen and oxygen atoms in total. The average Bonchev–Trinajstić information content (AvgIpc) is 2.67. The van der Waals surface area contributed by atoms with Gasteiger partial charge in [0, 0.05) is 6.54 Å². The molecule has 4 heteroatoms. The third-order valence-electron chi connectivity index (χ3n) is 2.76. The number of amides is 1. The third kappa shape index (κ3) is 3.81. The molecule has 0 saturated carbocycles. The second kappa shape index (κ2) is 6.86. The lowest BCUT2D eigenvalue weighted by atomic mass is 10.2. The lowest BCUT2D eigenvalue weighted by molar-refractivity contribution is -0.122. The van der Waals surface area contributed by atoms with Crippen LogP contribution in [0.15, 0.2) is 47.4 Å². The van der Waals surface area contributed by atoms with E-state index in [2.05, 4.69) is 13.8 Å². The molecule has 1 aromatic carbocycles. The SMILES string of the molecule is CC(C)CN1C(=O)/C(=C/C=C/c2ccccc2)SC1=S. The van der Waals surface area contributed by atoms with Crippen LogP contribution >= 0.6 is 24.0 Å². The highest BCUT2D eigenvalue weighted by atomic mass is 32.2. The summed E-state index contributed by atoms with van der Waals surface area (Å²) < 4.78 is 0.656. The standard InChI is InChI=1S/C16H17NOS2/c1-12(2)11-17-15(18)14(20-16(17)19)10-6-9-13-7-4-3-5-8-13/h3-10,12H,11H2,1-2H3/b9-6+,14-10-. The molecule has 1 fully saturated rings. The van der Waals surface area contributed by atoms with E-state index in [1.54, 1.807) is 4.90 Å². The summed E-state index contributed by atoms with van der Waals surface area (Å²) in [6.45, 7) is 4.85. The fraction of sp³-hybridized carbons (Fsp3) is 0.250. The molecular formula is C16H17NOS2. The van der Waals surface area contributed by atoms with Crippen LogP contribution in [0.4, 0.5) is 0 Å². The molecule has 0 spiro atoms. The molecule has 2 rings (SSSR count). The van der Waals surface area contributed by atoms with Crippen molar-refractivity contribution < 1.29 is 4.79 Å². The van der Waals surface area contributed by atoms with Gasteiger partial charge in [-0.15, -0.1) is 0 Å². The molecule has 1 aliphatic heterocycles. The normalized spacial score (nSPS) is 17.9. The fourth-order valence-electron chi connectivity index (χ4n) is 1.85. The van der Waals surface area contributed by atoms with Crippen molar-refractivity contribution in [2.24, 2.45) is 5.92 Å². The predicted molar refractivity (Wildman–Crippen MR) is 90.3 cm³/mol. The molecule has 20 heavy (non-hydrogen) atoms. The first-order chi connectivity index (χ1) is 9.58.